The largest absolute Gasteiger partial charge is 0.497 e. The fourth-order valence-corrected chi connectivity index (χ4v) is 5.84. The second kappa shape index (κ2) is 14.3. The van der Waals surface area contributed by atoms with Crippen molar-refractivity contribution in [1.29, 1.82) is 0 Å². The van der Waals surface area contributed by atoms with Crippen molar-refractivity contribution >= 4 is 11.9 Å². The second-order valence-electron chi connectivity index (χ2n) is 10.7. The highest BCUT2D eigenvalue weighted by molar-refractivity contribution is 5.91. The van der Waals surface area contributed by atoms with Gasteiger partial charge in [0.15, 0.2) is 5.69 Å². The monoisotopic (exact) mass is 525 g/mol. The van der Waals surface area contributed by atoms with E-state index >= 15 is 0 Å². The highest BCUT2D eigenvalue weighted by Crippen LogP contribution is 2.34. The zero-order chi connectivity index (χ0) is 26.7. The van der Waals surface area contributed by atoms with Crippen molar-refractivity contribution in [1.82, 2.24) is 15.2 Å². The summed E-state index contributed by atoms with van der Waals surface area (Å²) in [5.41, 5.74) is 2.55. The van der Waals surface area contributed by atoms with E-state index in [2.05, 4.69) is 15.2 Å². The zero-order valence-corrected chi connectivity index (χ0v) is 23.0. The van der Waals surface area contributed by atoms with Gasteiger partial charge in [-0.3, -0.25) is 14.5 Å². The summed E-state index contributed by atoms with van der Waals surface area (Å²) in [5.74, 6) is 1.86. The number of carbonyl (C=O) groups is 2. The van der Waals surface area contributed by atoms with Crippen LogP contribution in [-0.2, 0) is 22.5 Å². The third kappa shape index (κ3) is 7.82. The van der Waals surface area contributed by atoms with Gasteiger partial charge in [0.1, 0.15) is 12.0 Å². The van der Waals surface area contributed by atoms with Crippen LogP contribution in [0.15, 0.2) is 28.9 Å². The predicted molar refractivity (Wildman–Crippen MR) is 145 cm³/mol. The molecule has 4 rings (SSSR count). The predicted octanol–water partition coefficient (Wildman–Crippen LogP) is 5.61. The number of aryl methyl sites for hydroxylation is 1. The van der Waals surface area contributed by atoms with E-state index < -0.39 is 0 Å². The Kier molecular flexibility index (Phi) is 10.6. The highest BCUT2D eigenvalue weighted by Gasteiger charge is 2.31. The number of unbranched alkanes of at least 4 members (excludes halogenated alkanes) is 1. The normalized spacial score (nSPS) is 18.4. The highest BCUT2D eigenvalue weighted by atomic mass is 16.5. The van der Waals surface area contributed by atoms with Crippen molar-refractivity contribution < 1.29 is 23.5 Å². The molecule has 1 saturated carbocycles. The number of benzene rings is 1. The molecule has 0 spiro atoms. The maximum absolute atomic E-state index is 12.7. The first kappa shape index (κ1) is 28.1. The van der Waals surface area contributed by atoms with E-state index in [1.165, 1.54) is 51.9 Å². The Morgan fingerprint density at radius 1 is 1.08 bits per heavy atom. The molecule has 2 aromatic rings. The Balaban J connectivity index is 1.31. The van der Waals surface area contributed by atoms with Crippen LogP contribution in [0.4, 0.5) is 0 Å². The molecular formula is C30H43N3O5. The summed E-state index contributed by atoms with van der Waals surface area (Å²) in [6, 6.07) is 5.98. The Morgan fingerprint density at radius 3 is 2.71 bits per heavy atom. The summed E-state index contributed by atoms with van der Waals surface area (Å²) in [4.78, 5) is 31.3. The number of hydrogen-bond acceptors (Lipinski definition) is 7. The molecular weight excluding hydrogens is 482 g/mol. The van der Waals surface area contributed by atoms with E-state index in [4.69, 9.17) is 13.9 Å². The fourth-order valence-electron chi connectivity index (χ4n) is 5.84. The maximum atomic E-state index is 12.7. The van der Waals surface area contributed by atoms with Gasteiger partial charge in [-0.1, -0.05) is 51.0 Å². The maximum Gasteiger partial charge on any atom is 0.305 e. The van der Waals surface area contributed by atoms with Crippen LogP contribution >= 0.6 is 0 Å². The summed E-state index contributed by atoms with van der Waals surface area (Å²) in [6.45, 7) is 2.26. The van der Waals surface area contributed by atoms with E-state index in [0.29, 0.717) is 37.5 Å². The summed E-state index contributed by atoms with van der Waals surface area (Å²) in [7, 11) is 3.07. The molecule has 2 aliphatic rings. The molecule has 208 valence electrons. The molecule has 38 heavy (non-hydrogen) atoms. The Labute approximate surface area is 226 Å². The third-order valence-corrected chi connectivity index (χ3v) is 8.07. The van der Waals surface area contributed by atoms with Gasteiger partial charge >= 0.3 is 5.97 Å². The number of rotatable bonds is 13. The lowest BCUT2D eigenvalue weighted by molar-refractivity contribution is -0.140. The van der Waals surface area contributed by atoms with Gasteiger partial charge in [0.25, 0.3) is 5.91 Å². The third-order valence-electron chi connectivity index (χ3n) is 8.07. The summed E-state index contributed by atoms with van der Waals surface area (Å²) >= 11 is 0. The number of carbonyl (C=O) groups excluding carboxylic acids is 2. The number of nitrogens with one attached hydrogen (secondary N) is 1. The van der Waals surface area contributed by atoms with Gasteiger partial charge in [-0.25, -0.2) is 4.98 Å². The van der Waals surface area contributed by atoms with E-state index in [-0.39, 0.29) is 17.9 Å². The van der Waals surface area contributed by atoms with Crippen molar-refractivity contribution in [3.8, 4) is 5.75 Å². The molecule has 1 aliphatic heterocycles. The lowest BCUT2D eigenvalue weighted by atomic mass is 9.86. The van der Waals surface area contributed by atoms with Gasteiger partial charge in [0.05, 0.1) is 20.3 Å². The molecule has 1 unspecified atom stereocenters. The van der Waals surface area contributed by atoms with Crippen LogP contribution in [-0.4, -0.2) is 49.1 Å². The molecule has 0 radical (unpaired) electrons. The van der Waals surface area contributed by atoms with Crippen LogP contribution < -0.4 is 10.1 Å². The topological polar surface area (TPSA) is 93.9 Å². The van der Waals surface area contributed by atoms with Crippen molar-refractivity contribution in [2.24, 2.45) is 5.92 Å². The molecule has 8 nitrogen and oxygen atoms in total. The number of amides is 1. The molecule has 2 heterocycles. The number of aromatic nitrogens is 1. The van der Waals surface area contributed by atoms with Crippen LogP contribution in [0.25, 0.3) is 0 Å². The van der Waals surface area contributed by atoms with Crippen LogP contribution in [0.1, 0.15) is 104 Å². The van der Waals surface area contributed by atoms with Crippen LogP contribution in [0, 0.1) is 5.92 Å². The number of hydrogen-bond donors (Lipinski definition) is 1. The lowest BCUT2D eigenvalue weighted by Crippen LogP contribution is -2.26. The summed E-state index contributed by atoms with van der Waals surface area (Å²) in [6.07, 6.45) is 14.7. The first-order valence-electron chi connectivity index (χ1n) is 14.3. The zero-order valence-electron chi connectivity index (χ0n) is 23.0. The van der Waals surface area contributed by atoms with Crippen molar-refractivity contribution in [3.05, 3.63) is 47.2 Å². The Morgan fingerprint density at radius 2 is 1.92 bits per heavy atom. The number of oxazole rings is 1. The SMILES string of the molecule is COC(=O)CCc1ccc(OC)cc1CN1CCCC1c1nc(C(=O)NCCCCC2CCCCC2)co1. The summed E-state index contributed by atoms with van der Waals surface area (Å²) < 4.78 is 16.1. The lowest BCUT2D eigenvalue weighted by Gasteiger charge is -2.23. The second-order valence-corrected chi connectivity index (χ2v) is 10.7. The van der Waals surface area contributed by atoms with Crippen LogP contribution in [0.3, 0.4) is 0 Å². The van der Waals surface area contributed by atoms with Gasteiger partial charge in [-0.05, 0) is 61.4 Å². The first-order chi connectivity index (χ1) is 18.6. The first-order valence-corrected chi connectivity index (χ1v) is 14.3. The molecule has 1 aromatic carbocycles. The van der Waals surface area contributed by atoms with Crippen molar-refractivity contribution in [2.45, 2.75) is 89.6 Å². The van der Waals surface area contributed by atoms with E-state index in [0.717, 1.165) is 55.0 Å². The standard InChI is InChI=1S/C30H43N3O5/c1-36-25-15-13-23(14-16-28(34)37-2)24(19-25)20-33-18-8-12-27(33)30-32-26(21-38-30)29(35)31-17-7-6-11-22-9-4-3-5-10-22/h13,15,19,21-22,27H,3-12,14,16-18,20H2,1-2H3,(H,31,35). The minimum Gasteiger partial charge on any atom is -0.497 e. The van der Waals surface area contributed by atoms with Gasteiger partial charge in [0.2, 0.25) is 5.89 Å². The fraction of sp³-hybridized carbons (Fsp3) is 0.633. The molecule has 1 N–H and O–H groups in total. The van der Waals surface area contributed by atoms with Gasteiger partial charge in [0, 0.05) is 19.5 Å². The number of esters is 1. The van der Waals surface area contributed by atoms with Crippen molar-refractivity contribution in [3.63, 3.8) is 0 Å². The van der Waals surface area contributed by atoms with Crippen LogP contribution in [0.2, 0.25) is 0 Å². The average Bonchev–Trinajstić information content (AvgIpc) is 3.62. The molecule has 2 fully saturated rings. The van der Waals surface area contributed by atoms with E-state index in [1.807, 2.05) is 18.2 Å². The molecule has 1 amide bonds. The minimum atomic E-state index is -0.222. The number of methoxy groups -OCH3 is 2. The molecule has 1 aliphatic carbocycles. The molecule has 1 aromatic heterocycles. The quantitative estimate of drug-likeness (QED) is 0.268. The molecule has 8 heteroatoms. The van der Waals surface area contributed by atoms with Gasteiger partial charge in [-0.2, -0.15) is 0 Å². The van der Waals surface area contributed by atoms with Gasteiger partial charge in [-0.15, -0.1) is 0 Å². The van der Waals surface area contributed by atoms with E-state index in [9.17, 15) is 9.59 Å². The summed E-state index contributed by atoms with van der Waals surface area (Å²) in [5, 5.41) is 3.01. The molecule has 1 atom stereocenters. The number of nitrogens with zero attached hydrogens (tertiary/aromatic N) is 2. The van der Waals surface area contributed by atoms with Gasteiger partial charge < -0.3 is 19.2 Å². The molecule has 1 saturated heterocycles. The minimum absolute atomic E-state index is 0.00620. The Hall–Kier alpha value is -2.87. The number of likely N-dealkylation sites (tertiary alicyclic amines) is 1. The van der Waals surface area contributed by atoms with Crippen LogP contribution in [0.5, 0.6) is 5.75 Å². The van der Waals surface area contributed by atoms with Crippen molar-refractivity contribution in [2.75, 3.05) is 27.3 Å². The van der Waals surface area contributed by atoms with E-state index in [1.54, 1.807) is 7.11 Å². The molecule has 0 bridgehead atoms. The smallest absolute Gasteiger partial charge is 0.305 e. The Bertz CT molecular complexity index is 1050. The number of ether oxygens (including phenoxy) is 2. The average molecular weight is 526 g/mol.